The standard InChI is InChI=1S/C15H26N2O/c1-5-17(6-2)11-14(18)10-16-15-8-7-12(3)9-13(15)4/h7-9,14,16,18H,5-6,10-11H2,1-4H3. The van der Waals surface area contributed by atoms with E-state index in [9.17, 15) is 5.11 Å². The van der Waals surface area contributed by atoms with Crippen LogP contribution < -0.4 is 5.32 Å². The number of anilines is 1. The van der Waals surface area contributed by atoms with Crippen LogP contribution in [-0.2, 0) is 0 Å². The first-order valence-electron chi connectivity index (χ1n) is 6.78. The molecule has 1 unspecified atom stereocenters. The van der Waals surface area contributed by atoms with E-state index in [0.29, 0.717) is 6.54 Å². The molecule has 0 amide bonds. The van der Waals surface area contributed by atoms with Gasteiger partial charge in [-0.2, -0.15) is 0 Å². The van der Waals surface area contributed by atoms with E-state index in [4.69, 9.17) is 0 Å². The molecule has 0 aliphatic heterocycles. The highest BCUT2D eigenvalue weighted by Gasteiger charge is 2.09. The van der Waals surface area contributed by atoms with Gasteiger partial charge in [-0.05, 0) is 38.6 Å². The lowest BCUT2D eigenvalue weighted by molar-refractivity contribution is 0.128. The summed E-state index contributed by atoms with van der Waals surface area (Å²) in [6.45, 7) is 11.7. The summed E-state index contributed by atoms with van der Waals surface area (Å²) >= 11 is 0. The molecule has 0 spiro atoms. The zero-order valence-corrected chi connectivity index (χ0v) is 12.0. The largest absolute Gasteiger partial charge is 0.390 e. The molecule has 0 aromatic heterocycles. The van der Waals surface area contributed by atoms with Crippen LogP contribution in [0, 0.1) is 13.8 Å². The fourth-order valence-corrected chi connectivity index (χ4v) is 2.08. The first kappa shape index (κ1) is 15.0. The molecule has 0 bridgehead atoms. The van der Waals surface area contributed by atoms with Gasteiger partial charge in [0.05, 0.1) is 6.10 Å². The van der Waals surface area contributed by atoms with E-state index in [1.165, 1.54) is 11.1 Å². The van der Waals surface area contributed by atoms with Gasteiger partial charge in [-0.25, -0.2) is 0 Å². The molecule has 1 aromatic carbocycles. The number of hydrogen-bond acceptors (Lipinski definition) is 3. The first-order chi connectivity index (χ1) is 8.56. The molecule has 1 rings (SSSR count). The topological polar surface area (TPSA) is 35.5 Å². The Hall–Kier alpha value is -1.06. The van der Waals surface area contributed by atoms with Gasteiger partial charge in [0.25, 0.3) is 0 Å². The van der Waals surface area contributed by atoms with E-state index < -0.39 is 0 Å². The molecule has 1 atom stereocenters. The second-order valence-electron chi connectivity index (χ2n) is 4.84. The Balaban J connectivity index is 2.44. The Morgan fingerprint density at radius 2 is 1.89 bits per heavy atom. The molecule has 0 radical (unpaired) electrons. The molecule has 0 heterocycles. The van der Waals surface area contributed by atoms with Crippen LogP contribution >= 0.6 is 0 Å². The maximum atomic E-state index is 9.98. The number of nitrogens with one attached hydrogen (secondary N) is 1. The summed E-state index contributed by atoms with van der Waals surface area (Å²) in [5, 5.41) is 13.3. The van der Waals surface area contributed by atoms with E-state index in [2.05, 4.69) is 56.1 Å². The van der Waals surface area contributed by atoms with Gasteiger partial charge in [0, 0.05) is 18.8 Å². The summed E-state index contributed by atoms with van der Waals surface area (Å²) in [6, 6.07) is 6.32. The molecule has 0 fully saturated rings. The van der Waals surface area contributed by atoms with Crippen LogP contribution in [0.25, 0.3) is 0 Å². The minimum atomic E-state index is -0.328. The molecule has 0 aliphatic carbocycles. The number of nitrogens with zero attached hydrogens (tertiary/aromatic N) is 1. The van der Waals surface area contributed by atoms with Crippen LogP contribution in [0.15, 0.2) is 18.2 Å². The van der Waals surface area contributed by atoms with E-state index in [0.717, 1.165) is 25.3 Å². The van der Waals surface area contributed by atoms with Crippen molar-refractivity contribution in [2.75, 3.05) is 31.5 Å². The summed E-state index contributed by atoms with van der Waals surface area (Å²) in [6.07, 6.45) is -0.328. The average molecular weight is 250 g/mol. The molecule has 0 saturated carbocycles. The lowest BCUT2D eigenvalue weighted by Gasteiger charge is -2.22. The minimum absolute atomic E-state index is 0.328. The summed E-state index contributed by atoms with van der Waals surface area (Å²) in [7, 11) is 0. The van der Waals surface area contributed by atoms with Crippen molar-refractivity contribution >= 4 is 5.69 Å². The van der Waals surface area contributed by atoms with Gasteiger partial charge in [-0.3, -0.25) is 0 Å². The zero-order valence-electron chi connectivity index (χ0n) is 12.0. The molecule has 3 nitrogen and oxygen atoms in total. The van der Waals surface area contributed by atoms with Crippen LogP contribution in [0.5, 0.6) is 0 Å². The fourth-order valence-electron chi connectivity index (χ4n) is 2.08. The normalized spacial score (nSPS) is 12.8. The molecule has 102 valence electrons. The highest BCUT2D eigenvalue weighted by atomic mass is 16.3. The Kier molecular flexibility index (Phi) is 6.16. The quantitative estimate of drug-likeness (QED) is 0.780. The summed E-state index contributed by atoms with van der Waals surface area (Å²) in [5.41, 5.74) is 3.60. The van der Waals surface area contributed by atoms with E-state index >= 15 is 0 Å². The van der Waals surface area contributed by atoms with Crippen molar-refractivity contribution in [2.45, 2.75) is 33.8 Å². The first-order valence-corrected chi connectivity index (χ1v) is 6.78. The molecular formula is C15H26N2O. The lowest BCUT2D eigenvalue weighted by atomic mass is 10.1. The third kappa shape index (κ3) is 4.67. The van der Waals surface area contributed by atoms with Crippen LogP contribution in [0.3, 0.4) is 0 Å². The van der Waals surface area contributed by atoms with Gasteiger partial charge in [0.15, 0.2) is 0 Å². The summed E-state index contributed by atoms with van der Waals surface area (Å²) in [4.78, 5) is 2.23. The molecule has 0 saturated heterocycles. The Bertz CT molecular complexity index is 362. The van der Waals surface area contributed by atoms with Crippen molar-refractivity contribution in [1.29, 1.82) is 0 Å². The number of benzene rings is 1. The third-order valence-electron chi connectivity index (χ3n) is 3.27. The second-order valence-corrected chi connectivity index (χ2v) is 4.84. The van der Waals surface area contributed by atoms with Crippen molar-refractivity contribution in [3.63, 3.8) is 0 Å². The van der Waals surface area contributed by atoms with E-state index in [1.807, 2.05) is 0 Å². The maximum absolute atomic E-state index is 9.98. The molecule has 3 heteroatoms. The van der Waals surface area contributed by atoms with Crippen molar-refractivity contribution < 1.29 is 5.11 Å². The molecule has 0 aliphatic rings. The van der Waals surface area contributed by atoms with Crippen LogP contribution in [0.1, 0.15) is 25.0 Å². The Morgan fingerprint density at radius 1 is 1.22 bits per heavy atom. The molecule has 1 aromatic rings. The third-order valence-corrected chi connectivity index (χ3v) is 3.27. The van der Waals surface area contributed by atoms with Gasteiger partial charge in [0.2, 0.25) is 0 Å². The van der Waals surface area contributed by atoms with Crippen molar-refractivity contribution in [3.8, 4) is 0 Å². The number of aliphatic hydroxyl groups excluding tert-OH is 1. The van der Waals surface area contributed by atoms with Crippen molar-refractivity contribution in [2.24, 2.45) is 0 Å². The van der Waals surface area contributed by atoms with E-state index in [1.54, 1.807) is 0 Å². The Morgan fingerprint density at radius 3 is 2.44 bits per heavy atom. The fraction of sp³-hybridized carbons (Fsp3) is 0.600. The number of aliphatic hydroxyl groups is 1. The number of hydrogen-bond donors (Lipinski definition) is 2. The monoisotopic (exact) mass is 250 g/mol. The molecule has 18 heavy (non-hydrogen) atoms. The Labute approximate surface area is 111 Å². The molecular weight excluding hydrogens is 224 g/mol. The van der Waals surface area contributed by atoms with Crippen LogP contribution in [-0.4, -0.2) is 42.3 Å². The van der Waals surface area contributed by atoms with Crippen molar-refractivity contribution in [3.05, 3.63) is 29.3 Å². The van der Waals surface area contributed by atoms with Gasteiger partial charge in [-0.1, -0.05) is 31.5 Å². The predicted octanol–water partition coefficient (Wildman–Crippen LogP) is 2.42. The number of rotatable bonds is 7. The molecule has 2 N–H and O–H groups in total. The van der Waals surface area contributed by atoms with Crippen LogP contribution in [0.2, 0.25) is 0 Å². The maximum Gasteiger partial charge on any atom is 0.0839 e. The van der Waals surface area contributed by atoms with Gasteiger partial charge < -0.3 is 15.3 Å². The summed E-state index contributed by atoms with van der Waals surface area (Å²) < 4.78 is 0. The summed E-state index contributed by atoms with van der Waals surface area (Å²) in [5.74, 6) is 0. The zero-order chi connectivity index (χ0) is 13.5. The minimum Gasteiger partial charge on any atom is -0.390 e. The number of likely N-dealkylation sites (N-methyl/N-ethyl adjacent to an activating group) is 1. The predicted molar refractivity (Wildman–Crippen MR) is 78.2 cm³/mol. The van der Waals surface area contributed by atoms with Crippen molar-refractivity contribution in [1.82, 2.24) is 4.90 Å². The average Bonchev–Trinajstić information content (AvgIpc) is 2.35. The lowest BCUT2D eigenvalue weighted by Crippen LogP contribution is -2.36. The van der Waals surface area contributed by atoms with Gasteiger partial charge in [0.1, 0.15) is 0 Å². The highest BCUT2D eigenvalue weighted by Crippen LogP contribution is 2.15. The van der Waals surface area contributed by atoms with Gasteiger partial charge in [-0.15, -0.1) is 0 Å². The highest BCUT2D eigenvalue weighted by molar-refractivity contribution is 5.51. The van der Waals surface area contributed by atoms with E-state index in [-0.39, 0.29) is 6.10 Å². The van der Waals surface area contributed by atoms with Gasteiger partial charge >= 0.3 is 0 Å². The SMILES string of the molecule is CCN(CC)CC(O)CNc1ccc(C)cc1C. The smallest absolute Gasteiger partial charge is 0.0839 e. The van der Waals surface area contributed by atoms with Crippen LogP contribution in [0.4, 0.5) is 5.69 Å². The second kappa shape index (κ2) is 7.39. The number of aryl methyl sites for hydroxylation is 2.